The van der Waals surface area contributed by atoms with Crippen LogP contribution in [0.15, 0.2) is 53.4 Å². The van der Waals surface area contributed by atoms with Crippen LogP contribution in [-0.4, -0.2) is 40.7 Å². The lowest BCUT2D eigenvalue weighted by atomic mass is 10.2. The minimum Gasteiger partial charge on any atom is -0.492 e. The van der Waals surface area contributed by atoms with Crippen molar-refractivity contribution in [1.82, 2.24) is 10.0 Å². The monoisotopic (exact) mass is 399 g/mol. The molecule has 0 radical (unpaired) electrons. The first-order valence-electron chi connectivity index (χ1n) is 8.87. The Morgan fingerprint density at radius 1 is 1.18 bits per heavy atom. The normalized spacial score (nSPS) is 13.6. The van der Waals surface area contributed by atoms with Crippen LogP contribution in [0.2, 0.25) is 0 Å². The van der Waals surface area contributed by atoms with E-state index in [-0.39, 0.29) is 17.5 Å². The maximum Gasteiger partial charge on any atom is 0.321 e. The summed E-state index contributed by atoms with van der Waals surface area (Å²) in [5.41, 5.74) is 1.53. The van der Waals surface area contributed by atoms with Crippen LogP contribution in [0, 0.1) is 11.8 Å². The van der Waals surface area contributed by atoms with Crippen LogP contribution in [0.3, 0.4) is 0 Å². The molecule has 146 valence electrons. The van der Waals surface area contributed by atoms with Crippen LogP contribution in [0.4, 0.5) is 10.5 Å². The van der Waals surface area contributed by atoms with Crippen molar-refractivity contribution in [3.63, 3.8) is 0 Å². The standard InChI is InChI=1S/C20H21N3O4S/c1-2-27-18-7-3-4-8-19(18)28(25,26)22-13-5-6-16-9-11-17(12-10-16)23-15-14-21-20(23)24/h3-4,7-12,22H,2,13-15H2,1H3,(H,21,24). The third kappa shape index (κ3) is 4.63. The first-order chi connectivity index (χ1) is 13.5. The van der Waals surface area contributed by atoms with Gasteiger partial charge >= 0.3 is 6.03 Å². The molecule has 0 aliphatic carbocycles. The van der Waals surface area contributed by atoms with Gasteiger partial charge in [-0.05, 0) is 43.3 Å². The number of benzene rings is 2. The molecule has 28 heavy (non-hydrogen) atoms. The highest BCUT2D eigenvalue weighted by atomic mass is 32.2. The van der Waals surface area contributed by atoms with Gasteiger partial charge in [-0.25, -0.2) is 13.2 Å². The highest BCUT2D eigenvalue weighted by Crippen LogP contribution is 2.22. The van der Waals surface area contributed by atoms with Crippen molar-refractivity contribution in [2.75, 3.05) is 31.1 Å². The molecule has 2 aromatic rings. The molecule has 1 aliphatic heterocycles. The fourth-order valence-electron chi connectivity index (χ4n) is 2.74. The third-order valence-corrected chi connectivity index (χ3v) is 5.50. The molecule has 0 bridgehead atoms. The fourth-order valence-corrected chi connectivity index (χ4v) is 3.81. The molecule has 0 atom stereocenters. The summed E-state index contributed by atoms with van der Waals surface area (Å²) in [5, 5.41) is 2.75. The van der Waals surface area contributed by atoms with Crippen molar-refractivity contribution in [3.8, 4) is 17.6 Å². The molecule has 7 nitrogen and oxygen atoms in total. The Kier molecular flexibility index (Phi) is 6.19. The summed E-state index contributed by atoms with van der Waals surface area (Å²) < 4.78 is 32.8. The van der Waals surface area contributed by atoms with Crippen LogP contribution in [0.25, 0.3) is 0 Å². The van der Waals surface area contributed by atoms with Crippen molar-refractivity contribution in [1.29, 1.82) is 0 Å². The van der Waals surface area contributed by atoms with Crippen molar-refractivity contribution in [3.05, 3.63) is 54.1 Å². The average Bonchev–Trinajstić information content (AvgIpc) is 3.12. The molecule has 0 unspecified atom stereocenters. The van der Waals surface area contributed by atoms with Gasteiger partial charge < -0.3 is 10.1 Å². The third-order valence-electron chi connectivity index (χ3n) is 4.06. The minimum atomic E-state index is -3.72. The first kappa shape index (κ1) is 19.7. The van der Waals surface area contributed by atoms with E-state index in [0.29, 0.717) is 25.4 Å². The summed E-state index contributed by atoms with van der Waals surface area (Å²) in [7, 11) is -3.72. The zero-order valence-electron chi connectivity index (χ0n) is 15.4. The molecule has 3 rings (SSSR count). The van der Waals surface area contributed by atoms with E-state index in [2.05, 4.69) is 21.9 Å². The van der Waals surface area contributed by atoms with E-state index < -0.39 is 10.0 Å². The number of rotatable bonds is 6. The van der Waals surface area contributed by atoms with E-state index in [0.717, 1.165) is 11.3 Å². The Morgan fingerprint density at radius 2 is 1.93 bits per heavy atom. The van der Waals surface area contributed by atoms with Gasteiger partial charge in [0.05, 0.1) is 13.2 Å². The molecule has 8 heteroatoms. The lowest BCUT2D eigenvalue weighted by molar-refractivity contribution is 0.252. The number of carbonyl (C=O) groups is 1. The largest absolute Gasteiger partial charge is 0.492 e. The number of nitrogens with zero attached hydrogens (tertiary/aromatic N) is 1. The SMILES string of the molecule is CCOc1ccccc1S(=O)(=O)NCC#Cc1ccc(N2CCNC2=O)cc1. The predicted molar refractivity (Wildman–Crippen MR) is 107 cm³/mol. The summed E-state index contributed by atoms with van der Waals surface area (Å²) in [5.74, 6) is 6.03. The predicted octanol–water partition coefficient (Wildman–Crippen LogP) is 1.94. The summed E-state index contributed by atoms with van der Waals surface area (Å²) in [6.45, 7) is 3.41. The molecule has 0 spiro atoms. The molecule has 2 N–H and O–H groups in total. The molecule has 1 aliphatic rings. The minimum absolute atomic E-state index is 0.0287. The van der Waals surface area contributed by atoms with Crippen molar-refractivity contribution in [2.45, 2.75) is 11.8 Å². The lowest BCUT2D eigenvalue weighted by Gasteiger charge is -2.13. The second-order valence-corrected chi connectivity index (χ2v) is 7.67. The average molecular weight is 399 g/mol. The highest BCUT2D eigenvalue weighted by Gasteiger charge is 2.20. The summed E-state index contributed by atoms with van der Waals surface area (Å²) in [6, 6.07) is 13.6. The fraction of sp³-hybridized carbons (Fsp3) is 0.250. The molecule has 2 amide bonds. The van der Waals surface area contributed by atoms with E-state index in [4.69, 9.17) is 4.74 Å². The number of anilines is 1. The van der Waals surface area contributed by atoms with Gasteiger partial charge in [0.15, 0.2) is 0 Å². The van der Waals surface area contributed by atoms with Crippen LogP contribution < -0.4 is 19.7 Å². The number of carbonyl (C=O) groups excluding carboxylic acids is 1. The maximum atomic E-state index is 12.5. The van der Waals surface area contributed by atoms with Crippen LogP contribution in [-0.2, 0) is 10.0 Å². The van der Waals surface area contributed by atoms with Gasteiger partial charge in [0.25, 0.3) is 0 Å². The summed E-state index contributed by atoms with van der Waals surface area (Å²) in [4.78, 5) is 13.4. The van der Waals surface area contributed by atoms with E-state index in [9.17, 15) is 13.2 Å². The quantitative estimate of drug-likeness (QED) is 0.727. The number of sulfonamides is 1. The second kappa shape index (κ2) is 8.78. The number of para-hydroxylation sites is 1. The first-order valence-corrected chi connectivity index (χ1v) is 10.4. The lowest BCUT2D eigenvalue weighted by Crippen LogP contribution is -2.27. The summed E-state index contributed by atoms with van der Waals surface area (Å²) >= 11 is 0. The Balaban J connectivity index is 1.62. The summed E-state index contributed by atoms with van der Waals surface area (Å²) in [6.07, 6.45) is 0. The highest BCUT2D eigenvalue weighted by molar-refractivity contribution is 7.89. The zero-order valence-corrected chi connectivity index (χ0v) is 16.3. The molecule has 1 heterocycles. The molecule has 2 aromatic carbocycles. The van der Waals surface area contributed by atoms with Gasteiger partial charge in [0.2, 0.25) is 10.0 Å². The Bertz CT molecular complexity index is 1010. The Labute approximate surface area is 164 Å². The van der Waals surface area contributed by atoms with Crippen molar-refractivity contribution < 1.29 is 17.9 Å². The maximum absolute atomic E-state index is 12.5. The van der Waals surface area contributed by atoms with Crippen molar-refractivity contribution >= 4 is 21.7 Å². The van der Waals surface area contributed by atoms with Crippen molar-refractivity contribution in [2.24, 2.45) is 0 Å². The second-order valence-electron chi connectivity index (χ2n) is 5.94. The smallest absolute Gasteiger partial charge is 0.321 e. The van der Waals surface area contributed by atoms with Crippen LogP contribution in [0.5, 0.6) is 5.75 Å². The van der Waals surface area contributed by atoms with Gasteiger partial charge in [0.1, 0.15) is 10.6 Å². The van der Waals surface area contributed by atoms with E-state index in [1.807, 2.05) is 12.1 Å². The van der Waals surface area contributed by atoms with E-state index in [1.165, 1.54) is 6.07 Å². The molecule has 0 aromatic heterocycles. The Hall–Kier alpha value is -3.02. The molecular weight excluding hydrogens is 378 g/mol. The molecule has 1 saturated heterocycles. The van der Waals surface area contributed by atoms with Gasteiger partial charge in [-0.1, -0.05) is 24.0 Å². The number of hydrogen-bond donors (Lipinski definition) is 2. The number of nitrogens with one attached hydrogen (secondary N) is 2. The number of urea groups is 1. The molecule has 0 saturated carbocycles. The Morgan fingerprint density at radius 3 is 2.61 bits per heavy atom. The molecule has 1 fully saturated rings. The zero-order chi connectivity index (χ0) is 20.0. The number of ether oxygens (including phenoxy) is 1. The van der Waals surface area contributed by atoms with Crippen LogP contribution in [0.1, 0.15) is 12.5 Å². The van der Waals surface area contributed by atoms with Gasteiger partial charge in [0, 0.05) is 24.3 Å². The van der Waals surface area contributed by atoms with E-state index in [1.54, 1.807) is 42.2 Å². The van der Waals surface area contributed by atoms with Gasteiger partial charge in [-0.3, -0.25) is 4.90 Å². The van der Waals surface area contributed by atoms with Gasteiger partial charge in [-0.2, -0.15) is 4.72 Å². The number of hydrogen-bond acceptors (Lipinski definition) is 4. The molecular formula is C20H21N3O4S. The van der Waals surface area contributed by atoms with E-state index >= 15 is 0 Å². The van der Waals surface area contributed by atoms with Crippen LogP contribution >= 0.6 is 0 Å². The topological polar surface area (TPSA) is 87.7 Å². The van der Waals surface area contributed by atoms with Gasteiger partial charge in [-0.15, -0.1) is 0 Å². The number of amides is 2.